The lowest BCUT2D eigenvalue weighted by Gasteiger charge is -2.15. The number of hydrogen-bond acceptors (Lipinski definition) is 2. The highest BCUT2D eigenvalue weighted by molar-refractivity contribution is 9.10. The van der Waals surface area contributed by atoms with E-state index >= 15 is 0 Å². The molecule has 1 atom stereocenters. The quantitative estimate of drug-likeness (QED) is 0.798. The molecule has 0 spiro atoms. The van der Waals surface area contributed by atoms with E-state index in [2.05, 4.69) is 21.2 Å². The third-order valence-corrected chi connectivity index (χ3v) is 3.63. The van der Waals surface area contributed by atoms with E-state index in [0.29, 0.717) is 12.2 Å². The van der Waals surface area contributed by atoms with Crippen molar-refractivity contribution in [3.8, 4) is 0 Å². The largest absolute Gasteiger partial charge is 0.481 e. The number of amides is 1. The average molecular weight is 345 g/mol. The molecule has 0 fully saturated rings. The van der Waals surface area contributed by atoms with Crippen molar-refractivity contribution in [2.45, 2.75) is 39.7 Å². The van der Waals surface area contributed by atoms with Crippen LogP contribution in [0.5, 0.6) is 0 Å². The van der Waals surface area contributed by atoms with Crippen molar-refractivity contribution < 1.29 is 14.7 Å². The van der Waals surface area contributed by atoms with Crippen LogP contribution < -0.4 is 5.32 Å². The van der Waals surface area contributed by atoms with Gasteiger partial charge in [0.05, 0.1) is 0 Å². The van der Waals surface area contributed by atoms with E-state index < -0.39 is 5.97 Å². The van der Waals surface area contributed by atoms with Crippen molar-refractivity contribution in [1.29, 1.82) is 0 Å². The standard InChI is InChI=1S/C14H21BrN2O3/c1-4-10(5-13(18)19)7-16-14(20)12-6-11(15)8-17(12)9(2)3/h6,8-10H,4-5,7H2,1-3H3,(H,16,20)(H,18,19). The summed E-state index contributed by atoms with van der Waals surface area (Å²) in [5.74, 6) is -1.05. The Bertz CT molecular complexity index is 483. The molecule has 0 aliphatic carbocycles. The maximum atomic E-state index is 12.2. The minimum absolute atomic E-state index is 0.0395. The second-order valence-corrected chi connectivity index (χ2v) is 6.04. The molecule has 0 aliphatic rings. The molecule has 0 saturated heterocycles. The van der Waals surface area contributed by atoms with E-state index in [0.717, 1.165) is 10.9 Å². The van der Waals surface area contributed by atoms with Crippen LogP contribution in [0, 0.1) is 5.92 Å². The molecule has 20 heavy (non-hydrogen) atoms. The molecule has 0 saturated carbocycles. The molecule has 6 heteroatoms. The van der Waals surface area contributed by atoms with Gasteiger partial charge >= 0.3 is 5.97 Å². The van der Waals surface area contributed by atoms with Gasteiger partial charge in [-0.15, -0.1) is 0 Å². The highest BCUT2D eigenvalue weighted by atomic mass is 79.9. The molecule has 1 unspecified atom stereocenters. The van der Waals surface area contributed by atoms with Crippen LogP contribution in [0.15, 0.2) is 16.7 Å². The summed E-state index contributed by atoms with van der Waals surface area (Å²) in [5.41, 5.74) is 0.581. The van der Waals surface area contributed by atoms with Crippen molar-refractivity contribution >= 4 is 27.8 Å². The Morgan fingerprint density at radius 2 is 2.10 bits per heavy atom. The average Bonchev–Trinajstić information content (AvgIpc) is 2.76. The summed E-state index contributed by atoms with van der Waals surface area (Å²) in [7, 11) is 0. The molecule has 1 aromatic rings. The second-order valence-electron chi connectivity index (χ2n) is 5.13. The van der Waals surface area contributed by atoms with Crippen LogP contribution in [-0.2, 0) is 4.79 Å². The van der Waals surface area contributed by atoms with Crippen LogP contribution >= 0.6 is 15.9 Å². The Morgan fingerprint density at radius 3 is 2.60 bits per heavy atom. The Morgan fingerprint density at radius 1 is 1.45 bits per heavy atom. The van der Waals surface area contributed by atoms with Gasteiger partial charge in [-0.1, -0.05) is 13.3 Å². The van der Waals surface area contributed by atoms with Crippen molar-refractivity contribution in [2.24, 2.45) is 5.92 Å². The van der Waals surface area contributed by atoms with Gasteiger partial charge in [-0.3, -0.25) is 9.59 Å². The molecule has 5 nitrogen and oxygen atoms in total. The number of carbonyl (C=O) groups excluding carboxylic acids is 1. The van der Waals surface area contributed by atoms with E-state index in [1.807, 2.05) is 31.5 Å². The molecule has 1 aromatic heterocycles. The van der Waals surface area contributed by atoms with Gasteiger partial charge in [0, 0.05) is 29.7 Å². The highest BCUT2D eigenvalue weighted by Crippen LogP contribution is 2.19. The molecule has 1 rings (SSSR count). The first kappa shape index (κ1) is 16.8. The fraction of sp³-hybridized carbons (Fsp3) is 0.571. The van der Waals surface area contributed by atoms with Gasteiger partial charge in [0.15, 0.2) is 0 Å². The van der Waals surface area contributed by atoms with Crippen LogP contribution in [0.1, 0.15) is 50.1 Å². The zero-order chi connectivity index (χ0) is 15.3. The third-order valence-electron chi connectivity index (χ3n) is 3.20. The predicted octanol–water partition coefficient (Wildman–Crippen LogP) is 3.06. The molecule has 1 amide bonds. The van der Waals surface area contributed by atoms with Gasteiger partial charge in [-0.25, -0.2) is 0 Å². The topological polar surface area (TPSA) is 71.3 Å². The minimum Gasteiger partial charge on any atom is -0.481 e. The normalized spacial score (nSPS) is 12.4. The number of carboxylic acid groups (broad SMARTS) is 1. The number of nitrogens with zero attached hydrogens (tertiary/aromatic N) is 1. The SMILES string of the molecule is CCC(CNC(=O)c1cc(Br)cn1C(C)C)CC(=O)O. The fourth-order valence-corrected chi connectivity index (χ4v) is 2.43. The predicted molar refractivity (Wildman–Crippen MR) is 80.9 cm³/mol. The maximum absolute atomic E-state index is 12.2. The molecular formula is C14H21BrN2O3. The first-order valence-corrected chi connectivity index (χ1v) is 7.51. The number of halogens is 1. The maximum Gasteiger partial charge on any atom is 0.303 e. The van der Waals surface area contributed by atoms with Gasteiger partial charge in [0.1, 0.15) is 5.69 Å². The summed E-state index contributed by atoms with van der Waals surface area (Å²) in [6.45, 7) is 6.31. The Labute approximate surface area is 127 Å². The van der Waals surface area contributed by atoms with Gasteiger partial charge < -0.3 is 15.0 Å². The zero-order valence-electron chi connectivity index (χ0n) is 12.0. The number of hydrogen-bond donors (Lipinski definition) is 2. The number of aromatic nitrogens is 1. The van der Waals surface area contributed by atoms with Gasteiger partial charge in [0.2, 0.25) is 0 Å². The molecular weight excluding hydrogens is 324 g/mol. The van der Waals surface area contributed by atoms with Crippen molar-refractivity contribution in [3.05, 3.63) is 22.4 Å². The lowest BCUT2D eigenvalue weighted by molar-refractivity contribution is -0.138. The molecule has 2 N–H and O–H groups in total. The lowest BCUT2D eigenvalue weighted by Crippen LogP contribution is -2.31. The number of carboxylic acids is 1. The molecule has 0 radical (unpaired) electrons. The van der Waals surface area contributed by atoms with Crippen LogP contribution in [-0.4, -0.2) is 28.1 Å². The second kappa shape index (κ2) is 7.47. The molecule has 0 bridgehead atoms. The smallest absolute Gasteiger partial charge is 0.303 e. The number of carbonyl (C=O) groups is 2. The van der Waals surface area contributed by atoms with Crippen LogP contribution in [0.2, 0.25) is 0 Å². The summed E-state index contributed by atoms with van der Waals surface area (Å²) in [5, 5.41) is 11.6. The zero-order valence-corrected chi connectivity index (χ0v) is 13.6. The summed E-state index contributed by atoms with van der Waals surface area (Å²) in [6.07, 6.45) is 2.67. The molecule has 1 heterocycles. The van der Waals surface area contributed by atoms with Crippen LogP contribution in [0.25, 0.3) is 0 Å². The number of rotatable bonds is 7. The molecule has 0 aliphatic heterocycles. The summed E-state index contributed by atoms with van der Waals surface area (Å²) in [6, 6.07) is 1.95. The van der Waals surface area contributed by atoms with Crippen molar-refractivity contribution in [3.63, 3.8) is 0 Å². The Hall–Kier alpha value is -1.30. The number of aliphatic carboxylic acids is 1. The van der Waals surface area contributed by atoms with Gasteiger partial charge in [-0.2, -0.15) is 0 Å². The third kappa shape index (κ3) is 4.67. The fourth-order valence-electron chi connectivity index (χ4n) is 1.99. The van der Waals surface area contributed by atoms with Crippen LogP contribution in [0.3, 0.4) is 0 Å². The van der Waals surface area contributed by atoms with Gasteiger partial charge in [-0.05, 0) is 41.8 Å². The van der Waals surface area contributed by atoms with E-state index in [1.165, 1.54) is 0 Å². The number of nitrogens with one attached hydrogen (secondary N) is 1. The Kier molecular flexibility index (Phi) is 6.26. The summed E-state index contributed by atoms with van der Waals surface area (Å²) >= 11 is 3.37. The minimum atomic E-state index is -0.834. The monoisotopic (exact) mass is 344 g/mol. The first-order valence-electron chi connectivity index (χ1n) is 6.72. The van der Waals surface area contributed by atoms with E-state index in [4.69, 9.17) is 5.11 Å². The van der Waals surface area contributed by atoms with Gasteiger partial charge in [0.25, 0.3) is 5.91 Å². The molecule has 112 valence electrons. The van der Waals surface area contributed by atoms with E-state index in [-0.39, 0.29) is 24.3 Å². The van der Waals surface area contributed by atoms with E-state index in [1.54, 1.807) is 6.07 Å². The van der Waals surface area contributed by atoms with E-state index in [9.17, 15) is 9.59 Å². The van der Waals surface area contributed by atoms with Crippen LogP contribution in [0.4, 0.5) is 0 Å². The molecule has 0 aromatic carbocycles. The van der Waals surface area contributed by atoms with Crippen molar-refractivity contribution in [2.75, 3.05) is 6.54 Å². The van der Waals surface area contributed by atoms with Crippen molar-refractivity contribution in [1.82, 2.24) is 9.88 Å². The summed E-state index contributed by atoms with van der Waals surface area (Å²) in [4.78, 5) is 22.9. The lowest BCUT2D eigenvalue weighted by atomic mass is 10.0. The highest BCUT2D eigenvalue weighted by Gasteiger charge is 2.17. The first-order chi connectivity index (χ1) is 9.35. The Balaban J connectivity index is 2.69. The summed E-state index contributed by atoms with van der Waals surface area (Å²) < 4.78 is 2.74.